The van der Waals surface area contributed by atoms with E-state index in [0.29, 0.717) is 16.5 Å². The van der Waals surface area contributed by atoms with E-state index < -0.39 is 0 Å². The number of aromatic nitrogens is 2. The molecule has 0 saturated heterocycles. The van der Waals surface area contributed by atoms with Crippen LogP contribution in [0.2, 0.25) is 0 Å². The number of hydrogen-bond donors (Lipinski definition) is 2. The predicted octanol–water partition coefficient (Wildman–Crippen LogP) is 3.09. The Morgan fingerprint density at radius 2 is 2.15 bits per heavy atom. The number of amides is 1. The quantitative estimate of drug-likeness (QED) is 0.888. The monoisotopic (exact) mass is 290 g/mol. The van der Waals surface area contributed by atoms with Crippen molar-refractivity contribution in [2.24, 2.45) is 0 Å². The summed E-state index contributed by atoms with van der Waals surface area (Å²) in [5, 5.41) is 8.32. The molecule has 0 radical (unpaired) electrons. The fourth-order valence-electron chi connectivity index (χ4n) is 1.81. The average molecular weight is 290 g/mol. The van der Waals surface area contributed by atoms with E-state index in [4.69, 9.17) is 0 Å². The Hall–Kier alpha value is -1.95. The van der Waals surface area contributed by atoms with Crippen LogP contribution in [0, 0.1) is 6.92 Å². The SMILES string of the molecule is CCCc1cc(C(=O)Nc2nc(C)cs2)cc(NC)n1. The summed E-state index contributed by atoms with van der Waals surface area (Å²) >= 11 is 1.42. The Bertz CT molecular complexity index is 609. The Labute approximate surface area is 122 Å². The predicted molar refractivity (Wildman–Crippen MR) is 82.6 cm³/mol. The van der Waals surface area contributed by atoms with E-state index in [2.05, 4.69) is 27.5 Å². The van der Waals surface area contributed by atoms with Crippen LogP contribution in [0.5, 0.6) is 0 Å². The molecule has 2 rings (SSSR count). The van der Waals surface area contributed by atoms with Gasteiger partial charge in [-0.05, 0) is 25.5 Å². The third-order valence-corrected chi connectivity index (χ3v) is 3.62. The third-order valence-electron chi connectivity index (χ3n) is 2.74. The number of anilines is 2. The number of pyridine rings is 1. The van der Waals surface area contributed by atoms with E-state index in [9.17, 15) is 4.79 Å². The molecule has 0 aromatic carbocycles. The van der Waals surface area contributed by atoms with Crippen molar-refractivity contribution in [2.75, 3.05) is 17.7 Å². The number of hydrogen-bond acceptors (Lipinski definition) is 5. The second-order valence-corrected chi connectivity index (χ2v) is 5.34. The minimum atomic E-state index is -0.157. The van der Waals surface area contributed by atoms with Gasteiger partial charge in [-0.25, -0.2) is 9.97 Å². The van der Waals surface area contributed by atoms with E-state index in [-0.39, 0.29) is 5.91 Å². The molecule has 2 heterocycles. The molecule has 0 bridgehead atoms. The molecule has 5 nitrogen and oxygen atoms in total. The number of rotatable bonds is 5. The van der Waals surface area contributed by atoms with Crippen molar-refractivity contribution in [2.45, 2.75) is 26.7 Å². The van der Waals surface area contributed by atoms with Gasteiger partial charge in [0.05, 0.1) is 5.69 Å². The average Bonchev–Trinajstić information content (AvgIpc) is 2.84. The van der Waals surface area contributed by atoms with Crippen LogP contribution in [0.1, 0.15) is 35.1 Å². The number of carbonyl (C=O) groups excluding carboxylic acids is 1. The highest BCUT2D eigenvalue weighted by molar-refractivity contribution is 7.13. The molecule has 20 heavy (non-hydrogen) atoms. The lowest BCUT2D eigenvalue weighted by atomic mass is 10.1. The highest BCUT2D eigenvalue weighted by atomic mass is 32.1. The fraction of sp³-hybridized carbons (Fsp3) is 0.357. The van der Waals surface area contributed by atoms with Gasteiger partial charge in [0, 0.05) is 23.7 Å². The van der Waals surface area contributed by atoms with Crippen molar-refractivity contribution >= 4 is 28.2 Å². The van der Waals surface area contributed by atoms with Crippen LogP contribution in [0.25, 0.3) is 0 Å². The van der Waals surface area contributed by atoms with E-state index in [1.165, 1.54) is 11.3 Å². The maximum Gasteiger partial charge on any atom is 0.257 e. The molecule has 106 valence electrons. The van der Waals surface area contributed by atoms with Crippen LogP contribution in [-0.2, 0) is 6.42 Å². The van der Waals surface area contributed by atoms with Crippen molar-refractivity contribution in [1.82, 2.24) is 9.97 Å². The zero-order chi connectivity index (χ0) is 14.5. The molecule has 1 amide bonds. The van der Waals surface area contributed by atoms with Crippen LogP contribution in [0.3, 0.4) is 0 Å². The van der Waals surface area contributed by atoms with Crippen molar-refractivity contribution in [3.8, 4) is 0 Å². The minimum Gasteiger partial charge on any atom is -0.373 e. The molecule has 0 saturated carbocycles. The first-order valence-corrected chi connectivity index (χ1v) is 7.42. The Balaban J connectivity index is 2.21. The summed E-state index contributed by atoms with van der Waals surface area (Å²) in [7, 11) is 1.80. The molecular formula is C14H18N4OS. The maximum absolute atomic E-state index is 12.2. The molecule has 0 fully saturated rings. The first kappa shape index (κ1) is 14.5. The summed E-state index contributed by atoms with van der Waals surface area (Å²) in [4.78, 5) is 20.9. The smallest absolute Gasteiger partial charge is 0.257 e. The summed E-state index contributed by atoms with van der Waals surface area (Å²) in [6.45, 7) is 3.99. The molecule has 2 N–H and O–H groups in total. The van der Waals surface area contributed by atoms with Crippen molar-refractivity contribution in [1.29, 1.82) is 0 Å². The lowest BCUT2D eigenvalue weighted by Crippen LogP contribution is -2.13. The van der Waals surface area contributed by atoms with Gasteiger partial charge in [-0.2, -0.15) is 0 Å². The number of thiazole rings is 1. The topological polar surface area (TPSA) is 66.9 Å². The first-order valence-electron chi connectivity index (χ1n) is 6.54. The van der Waals surface area contributed by atoms with E-state index in [1.54, 1.807) is 13.1 Å². The summed E-state index contributed by atoms with van der Waals surface area (Å²) in [6.07, 6.45) is 1.85. The summed E-state index contributed by atoms with van der Waals surface area (Å²) < 4.78 is 0. The first-order chi connectivity index (χ1) is 9.62. The van der Waals surface area contributed by atoms with Gasteiger partial charge in [0.2, 0.25) is 0 Å². The highest BCUT2D eigenvalue weighted by Crippen LogP contribution is 2.17. The van der Waals surface area contributed by atoms with Gasteiger partial charge in [-0.1, -0.05) is 13.3 Å². The van der Waals surface area contributed by atoms with Gasteiger partial charge >= 0.3 is 0 Å². The molecule has 0 atom stereocenters. The second-order valence-electron chi connectivity index (χ2n) is 4.48. The van der Waals surface area contributed by atoms with E-state index >= 15 is 0 Å². The van der Waals surface area contributed by atoms with Crippen LogP contribution in [0.15, 0.2) is 17.5 Å². The van der Waals surface area contributed by atoms with Crippen LogP contribution in [0.4, 0.5) is 10.9 Å². The minimum absolute atomic E-state index is 0.157. The second kappa shape index (κ2) is 6.47. The normalized spacial score (nSPS) is 10.3. The largest absolute Gasteiger partial charge is 0.373 e. The van der Waals surface area contributed by atoms with E-state index in [1.807, 2.05) is 18.4 Å². The number of carbonyl (C=O) groups is 1. The van der Waals surface area contributed by atoms with Crippen molar-refractivity contribution in [3.63, 3.8) is 0 Å². The zero-order valence-electron chi connectivity index (χ0n) is 11.9. The van der Waals surface area contributed by atoms with Gasteiger partial charge in [-0.15, -0.1) is 11.3 Å². The maximum atomic E-state index is 12.2. The van der Waals surface area contributed by atoms with Gasteiger partial charge in [-0.3, -0.25) is 10.1 Å². The van der Waals surface area contributed by atoms with Crippen molar-refractivity contribution < 1.29 is 4.79 Å². The number of aryl methyl sites for hydroxylation is 2. The summed E-state index contributed by atoms with van der Waals surface area (Å²) in [5.74, 6) is 0.548. The van der Waals surface area contributed by atoms with Crippen LogP contribution < -0.4 is 10.6 Å². The van der Waals surface area contributed by atoms with Gasteiger partial charge in [0.1, 0.15) is 5.82 Å². The summed E-state index contributed by atoms with van der Waals surface area (Å²) in [6, 6.07) is 3.58. The Morgan fingerprint density at radius 1 is 1.35 bits per heavy atom. The van der Waals surface area contributed by atoms with Crippen LogP contribution in [-0.4, -0.2) is 22.9 Å². The lowest BCUT2D eigenvalue weighted by molar-refractivity contribution is 0.102. The molecular weight excluding hydrogens is 272 g/mol. The van der Waals surface area contributed by atoms with Gasteiger partial charge < -0.3 is 5.32 Å². The van der Waals surface area contributed by atoms with E-state index in [0.717, 1.165) is 24.2 Å². The lowest BCUT2D eigenvalue weighted by Gasteiger charge is -2.08. The molecule has 0 aliphatic carbocycles. The zero-order valence-corrected chi connectivity index (χ0v) is 12.7. The molecule has 0 unspecified atom stereocenters. The molecule has 0 aliphatic rings. The fourth-order valence-corrected chi connectivity index (χ4v) is 2.49. The molecule has 0 aliphatic heterocycles. The summed E-state index contributed by atoms with van der Waals surface area (Å²) in [5.41, 5.74) is 2.42. The van der Waals surface area contributed by atoms with Crippen LogP contribution >= 0.6 is 11.3 Å². The van der Waals surface area contributed by atoms with Gasteiger partial charge in [0.15, 0.2) is 5.13 Å². The van der Waals surface area contributed by atoms with Crippen molar-refractivity contribution in [3.05, 3.63) is 34.5 Å². The Morgan fingerprint density at radius 3 is 2.75 bits per heavy atom. The third kappa shape index (κ3) is 3.54. The number of nitrogens with one attached hydrogen (secondary N) is 2. The standard InChI is InChI=1S/C14H18N4OS/c1-4-5-11-6-10(7-12(15-3)17-11)13(19)18-14-16-9(2)8-20-14/h6-8H,4-5H2,1-3H3,(H,15,17)(H,16,18,19). The van der Waals surface area contributed by atoms with Gasteiger partial charge in [0.25, 0.3) is 5.91 Å². The molecule has 2 aromatic rings. The highest BCUT2D eigenvalue weighted by Gasteiger charge is 2.11. The molecule has 0 spiro atoms. The molecule has 6 heteroatoms. The molecule has 2 aromatic heterocycles. The Kier molecular flexibility index (Phi) is 4.68. The number of nitrogens with zero attached hydrogens (tertiary/aromatic N) is 2.